The summed E-state index contributed by atoms with van der Waals surface area (Å²) in [4.78, 5) is 28.7. The second-order valence-corrected chi connectivity index (χ2v) is 7.40. The fraction of sp³-hybridized carbons (Fsp3) is 0.882. The van der Waals surface area contributed by atoms with Crippen LogP contribution in [-0.4, -0.2) is 60.4 Å². The van der Waals surface area contributed by atoms with E-state index in [1.54, 1.807) is 0 Å². The summed E-state index contributed by atoms with van der Waals surface area (Å²) in [5.74, 6) is 1.44. The third-order valence-electron chi connectivity index (χ3n) is 5.34. The number of carbonyl (C=O) groups excluding carboxylic acids is 2. The molecule has 0 aromatic rings. The number of carbonyl (C=O) groups is 2. The molecule has 1 N–H and O–H groups in total. The molecule has 0 aromatic heterocycles. The predicted octanol–water partition coefficient (Wildman–Crippen LogP) is 1.24. The summed E-state index contributed by atoms with van der Waals surface area (Å²) in [6.45, 7) is 6.39. The summed E-state index contributed by atoms with van der Waals surface area (Å²) in [5.41, 5.74) is 0. The molecule has 1 saturated carbocycles. The minimum Gasteiger partial charge on any atom is -0.352 e. The van der Waals surface area contributed by atoms with Gasteiger partial charge in [0.25, 0.3) is 0 Å². The van der Waals surface area contributed by atoms with E-state index < -0.39 is 0 Å². The molecule has 2 aliphatic heterocycles. The molecule has 3 aliphatic rings. The Morgan fingerprint density at radius 1 is 0.955 bits per heavy atom. The van der Waals surface area contributed by atoms with Gasteiger partial charge in [0, 0.05) is 25.0 Å². The Morgan fingerprint density at radius 3 is 2.18 bits per heavy atom. The average molecular weight is 307 g/mol. The Kier molecular flexibility index (Phi) is 5.01. The van der Waals surface area contributed by atoms with Crippen molar-refractivity contribution in [3.63, 3.8) is 0 Å². The van der Waals surface area contributed by atoms with Gasteiger partial charge in [-0.3, -0.25) is 14.5 Å². The van der Waals surface area contributed by atoms with E-state index in [4.69, 9.17) is 0 Å². The van der Waals surface area contributed by atoms with Crippen molar-refractivity contribution in [2.75, 3.05) is 32.7 Å². The molecule has 22 heavy (non-hydrogen) atoms. The van der Waals surface area contributed by atoms with Crippen molar-refractivity contribution in [1.29, 1.82) is 0 Å². The number of amides is 2. The second-order valence-electron chi connectivity index (χ2n) is 7.40. The molecule has 5 heteroatoms. The standard InChI is InChI=1S/C17H29N3O2/c1-13-4-10-20(11-5-13)17(22)14-6-8-19(9-7-14)12-16(21)18-15-2-3-15/h13-15H,2-12H2,1H3,(H,18,21). The Labute approximate surface area is 133 Å². The van der Waals surface area contributed by atoms with Crippen molar-refractivity contribution < 1.29 is 9.59 Å². The van der Waals surface area contributed by atoms with Gasteiger partial charge in [-0.05, 0) is 57.5 Å². The molecule has 0 aromatic carbocycles. The van der Waals surface area contributed by atoms with Crippen LogP contribution in [0.3, 0.4) is 0 Å². The van der Waals surface area contributed by atoms with E-state index in [1.165, 1.54) is 0 Å². The monoisotopic (exact) mass is 307 g/mol. The van der Waals surface area contributed by atoms with E-state index in [1.807, 2.05) is 0 Å². The Morgan fingerprint density at radius 2 is 1.59 bits per heavy atom. The molecule has 2 amide bonds. The lowest BCUT2D eigenvalue weighted by Crippen LogP contribution is -2.47. The number of hydrogen-bond donors (Lipinski definition) is 1. The molecule has 2 saturated heterocycles. The highest BCUT2D eigenvalue weighted by Crippen LogP contribution is 2.23. The predicted molar refractivity (Wildman–Crippen MR) is 85.3 cm³/mol. The maximum Gasteiger partial charge on any atom is 0.234 e. The molecule has 3 fully saturated rings. The van der Waals surface area contributed by atoms with E-state index >= 15 is 0 Å². The van der Waals surface area contributed by atoms with Gasteiger partial charge >= 0.3 is 0 Å². The molecule has 2 heterocycles. The summed E-state index contributed by atoms with van der Waals surface area (Å²) in [6.07, 6.45) is 6.37. The first-order chi connectivity index (χ1) is 10.6. The Bertz CT molecular complexity index is 406. The molecular weight excluding hydrogens is 278 g/mol. The van der Waals surface area contributed by atoms with Gasteiger partial charge in [0.05, 0.1) is 6.54 Å². The molecule has 0 bridgehead atoms. The molecule has 0 radical (unpaired) electrons. The highest BCUT2D eigenvalue weighted by atomic mass is 16.2. The van der Waals surface area contributed by atoms with Gasteiger partial charge in [-0.25, -0.2) is 0 Å². The number of rotatable bonds is 4. The average Bonchev–Trinajstić information content (AvgIpc) is 3.32. The zero-order valence-electron chi connectivity index (χ0n) is 13.7. The van der Waals surface area contributed by atoms with Crippen LogP contribution >= 0.6 is 0 Å². The highest BCUT2D eigenvalue weighted by molar-refractivity contribution is 5.80. The summed E-state index contributed by atoms with van der Waals surface area (Å²) < 4.78 is 0. The van der Waals surface area contributed by atoms with Crippen LogP contribution in [0.4, 0.5) is 0 Å². The van der Waals surface area contributed by atoms with Gasteiger partial charge in [0.15, 0.2) is 0 Å². The molecule has 124 valence electrons. The van der Waals surface area contributed by atoms with Crippen LogP contribution < -0.4 is 5.32 Å². The smallest absolute Gasteiger partial charge is 0.234 e. The number of likely N-dealkylation sites (tertiary alicyclic amines) is 2. The van der Waals surface area contributed by atoms with E-state index in [0.717, 1.165) is 70.6 Å². The first-order valence-electron chi connectivity index (χ1n) is 8.92. The minimum atomic E-state index is 0.150. The summed E-state index contributed by atoms with van der Waals surface area (Å²) in [7, 11) is 0. The molecule has 1 aliphatic carbocycles. The zero-order chi connectivity index (χ0) is 15.5. The van der Waals surface area contributed by atoms with Crippen molar-refractivity contribution in [2.24, 2.45) is 11.8 Å². The lowest BCUT2D eigenvalue weighted by Gasteiger charge is -2.36. The summed E-state index contributed by atoms with van der Waals surface area (Å²) >= 11 is 0. The number of piperidine rings is 2. The van der Waals surface area contributed by atoms with Crippen molar-refractivity contribution >= 4 is 11.8 Å². The lowest BCUT2D eigenvalue weighted by atomic mass is 9.92. The van der Waals surface area contributed by atoms with Crippen LogP contribution in [0.25, 0.3) is 0 Å². The van der Waals surface area contributed by atoms with Gasteiger partial charge in [0.2, 0.25) is 11.8 Å². The maximum atomic E-state index is 12.6. The number of hydrogen-bond acceptors (Lipinski definition) is 3. The molecule has 0 atom stereocenters. The zero-order valence-corrected chi connectivity index (χ0v) is 13.7. The third-order valence-corrected chi connectivity index (χ3v) is 5.34. The fourth-order valence-corrected chi connectivity index (χ4v) is 3.53. The quantitative estimate of drug-likeness (QED) is 0.850. The van der Waals surface area contributed by atoms with E-state index in [0.29, 0.717) is 18.5 Å². The number of nitrogens with one attached hydrogen (secondary N) is 1. The fourth-order valence-electron chi connectivity index (χ4n) is 3.53. The Balaban J connectivity index is 1.39. The van der Waals surface area contributed by atoms with Gasteiger partial charge < -0.3 is 10.2 Å². The van der Waals surface area contributed by atoms with E-state index in [-0.39, 0.29) is 11.8 Å². The maximum absolute atomic E-state index is 12.6. The van der Waals surface area contributed by atoms with Crippen molar-refractivity contribution in [2.45, 2.75) is 51.5 Å². The largest absolute Gasteiger partial charge is 0.352 e. The molecule has 0 spiro atoms. The first kappa shape index (κ1) is 15.8. The van der Waals surface area contributed by atoms with Crippen molar-refractivity contribution in [1.82, 2.24) is 15.1 Å². The highest BCUT2D eigenvalue weighted by Gasteiger charge is 2.31. The minimum absolute atomic E-state index is 0.150. The van der Waals surface area contributed by atoms with Crippen molar-refractivity contribution in [3.8, 4) is 0 Å². The Hall–Kier alpha value is -1.10. The topological polar surface area (TPSA) is 52.7 Å². The van der Waals surface area contributed by atoms with Gasteiger partial charge in [0.1, 0.15) is 0 Å². The molecular formula is C17H29N3O2. The van der Waals surface area contributed by atoms with E-state index in [9.17, 15) is 9.59 Å². The van der Waals surface area contributed by atoms with Gasteiger partial charge in [-0.2, -0.15) is 0 Å². The van der Waals surface area contributed by atoms with Crippen LogP contribution in [0, 0.1) is 11.8 Å². The summed E-state index contributed by atoms with van der Waals surface area (Å²) in [6, 6.07) is 0.438. The van der Waals surface area contributed by atoms with Crippen LogP contribution in [-0.2, 0) is 9.59 Å². The summed E-state index contributed by atoms with van der Waals surface area (Å²) in [5, 5.41) is 3.04. The van der Waals surface area contributed by atoms with Crippen LogP contribution in [0.5, 0.6) is 0 Å². The molecule has 3 rings (SSSR count). The lowest BCUT2D eigenvalue weighted by molar-refractivity contribution is -0.138. The van der Waals surface area contributed by atoms with E-state index in [2.05, 4.69) is 22.0 Å². The van der Waals surface area contributed by atoms with Crippen LogP contribution in [0.15, 0.2) is 0 Å². The molecule has 0 unspecified atom stereocenters. The number of nitrogens with zero attached hydrogens (tertiary/aromatic N) is 2. The van der Waals surface area contributed by atoms with Crippen molar-refractivity contribution in [3.05, 3.63) is 0 Å². The van der Waals surface area contributed by atoms with Crippen LogP contribution in [0.2, 0.25) is 0 Å². The second kappa shape index (κ2) is 6.99. The third kappa shape index (κ3) is 4.22. The van der Waals surface area contributed by atoms with Crippen LogP contribution in [0.1, 0.15) is 45.4 Å². The van der Waals surface area contributed by atoms with Gasteiger partial charge in [-0.1, -0.05) is 6.92 Å². The van der Waals surface area contributed by atoms with Gasteiger partial charge in [-0.15, -0.1) is 0 Å². The SMILES string of the molecule is CC1CCN(C(=O)C2CCN(CC(=O)NC3CC3)CC2)CC1. The first-order valence-corrected chi connectivity index (χ1v) is 8.92. The molecule has 5 nitrogen and oxygen atoms in total. The normalized spacial score (nSPS) is 25.2.